The van der Waals surface area contributed by atoms with Gasteiger partial charge in [0.25, 0.3) is 0 Å². The van der Waals surface area contributed by atoms with Gasteiger partial charge in [-0.15, -0.1) is 0 Å². The Kier molecular flexibility index (Phi) is 8.30. The van der Waals surface area contributed by atoms with Crippen molar-refractivity contribution >= 4 is 0 Å². The van der Waals surface area contributed by atoms with Crippen LogP contribution < -0.4 is 0 Å². The molecule has 0 rings (SSSR count). The van der Waals surface area contributed by atoms with E-state index in [0.29, 0.717) is 0 Å². The van der Waals surface area contributed by atoms with E-state index in [4.69, 9.17) is 0 Å². The van der Waals surface area contributed by atoms with Crippen molar-refractivity contribution in [1.29, 1.82) is 0 Å². The summed E-state index contributed by atoms with van der Waals surface area (Å²) in [5.74, 6) is 0. The summed E-state index contributed by atoms with van der Waals surface area (Å²) in [6.07, 6.45) is 12.5. The predicted molar refractivity (Wildman–Crippen MR) is 56.2 cm³/mol. The van der Waals surface area contributed by atoms with Crippen molar-refractivity contribution in [3.8, 4) is 0 Å². The molecule has 0 spiro atoms. The Morgan fingerprint density at radius 2 is 1.67 bits per heavy atom. The van der Waals surface area contributed by atoms with E-state index in [1.54, 1.807) is 0 Å². The molecule has 0 N–H and O–H groups in total. The first-order chi connectivity index (χ1) is 5.77. The van der Waals surface area contributed by atoms with Gasteiger partial charge in [-0.2, -0.15) is 0 Å². The Balaban J connectivity index is 3.00. The maximum absolute atomic E-state index is 2.26. The monoisotopic (exact) mass is 169 g/mol. The maximum atomic E-state index is 2.26. The zero-order valence-corrected chi connectivity index (χ0v) is 8.84. The minimum Gasteiger partial charge on any atom is -0.384 e. The van der Waals surface area contributed by atoms with Crippen molar-refractivity contribution in [2.24, 2.45) is 0 Å². The van der Waals surface area contributed by atoms with Crippen molar-refractivity contribution < 1.29 is 0 Å². The summed E-state index contributed by atoms with van der Waals surface area (Å²) in [4.78, 5) is 2.09. The van der Waals surface area contributed by atoms with Gasteiger partial charge in [-0.25, -0.2) is 0 Å². The molecule has 0 aromatic heterocycles. The smallest absolute Gasteiger partial charge is 0.00555 e. The van der Waals surface area contributed by atoms with Gasteiger partial charge in [0, 0.05) is 14.1 Å². The van der Waals surface area contributed by atoms with Crippen LogP contribution in [0.4, 0.5) is 0 Å². The van der Waals surface area contributed by atoms with Crippen molar-refractivity contribution in [1.82, 2.24) is 4.90 Å². The van der Waals surface area contributed by atoms with Crippen molar-refractivity contribution in [3.63, 3.8) is 0 Å². The van der Waals surface area contributed by atoms with Gasteiger partial charge in [-0.1, -0.05) is 38.7 Å². The van der Waals surface area contributed by atoms with E-state index in [1.807, 2.05) is 0 Å². The van der Waals surface area contributed by atoms with Crippen LogP contribution in [0.3, 0.4) is 0 Å². The molecule has 0 saturated heterocycles. The van der Waals surface area contributed by atoms with Gasteiger partial charge in [-0.3, -0.25) is 0 Å². The molecule has 0 unspecified atom stereocenters. The van der Waals surface area contributed by atoms with E-state index >= 15 is 0 Å². The predicted octanol–water partition coefficient (Wildman–Crippen LogP) is 3.42. The van der Waals surface area contributed by atoms with Gasteiger partial charge in [-0.05, 0) is 19.0 Å². The molecule has 0 aromatic carbocycles. The third-order valence-electron chi connectivity index (χ3n) is 1.88. The molecular formula is C11H23N. The van der Waals surface area contributed by atoms with E-state index in [-0.39, 0.29) is 0 Å². The first-order valence-corrected chi connectivity index (χ1v) is 5.10. The minimum absolute atomic E-state index is 1.24. The Bertz CT molecular complexity index is 106. The van der Waals surface area contributed by atoms with Gasteiger partial charge in [0.15, 0.2) is 0 Å². The summed E-state index contributed by atoms with van der Waals surface area (Å²) in [5.41, 5.74) is 0. The first-order valence-electron chi connectivity index (χ1n) is 5.10. The highest BCUT2D eigenvalue weighted by Gasteiger charge is 1.86. The molecule has 0 amide bonds. The molecular weight excluding hydrogens is 146 g/mol. The largest absolute Gasteiger partial charge is 0.384 e. The van der Waals surface area contributed by atoms with Gasteiger partial charge < -0.3 is 4.90 Å². The second kappa shape index (κ2) is 8.63. The van der Waals surface area contributed by atoms with Crippen LogP contribution in [0.2, 0.25) is 0 Å². The Hall–Kier alpha value is -0.460. The van der Waals surface area contributed by atoms with Crippen LogP contribution in [0.25, 0.3) is 0 Å². The van der Waals surface area contributed by atoms with Crippen molar-refractivity contribution in [2.75, 3.05) is 14.1 Å². The molecule has 0 heterocycles. The fourth-order valence-corrected chi connectivity index (χ4v) is 1.15. The average Bonchev–Trinajstić information content (AvgIpc) is 2.02. The summed E-state index contributed by atoms with van der Waals surface area (Å²) in [5, 5.41) is 0. The highest BCUT2D eigenvalue weighted by atomic mass is 15.0. The number of hydrogen-bond acceptors (Lipinski definition) is 1. The molecule has 0 atom stereocenters. The molecule has 0 fully saturated rings. The second-order valence-corrected chi connectivity index (χ2v) is 3.55. The van der Waals surface area contributed by atoms with E-state index in [2.05, 4.69) is 38.2 Å². The van der Waals surface area contributed by atoms with Crippen LogP contribution in [-0.2, 0) is 0 Å². The summed E-state index contributed by atoms with van der Waals surface area (Å²) < 4.78 is 0. The van der Waals surface area contributed by atoms with Crippen molar-refractivity contribution in [3.05, 3.63) is 12.3 Å². The molecule has 0 aliphatic heterocycles. The molecule has 1 heteroatoms. The lowest BCUT2D eigenvalue weighted by Crippen LogP contribution is -1.99. The topological polar surface area (TPSA) is 3.24 Å². The average molecular weight is 169 g/mol. The third kappa shape index (κ3) is 9.54. The fourth-order valence-electron chi connectivity index (χ4n) is 1.15. The highest BCUT2D eigenvalue weighted by molar-refractivity contribution is 4.78. The molecule has 0 aromatic rings. The standard InChI is InChI=1S/C11H23N/c1-4-5-6-7-8-9-10-11-12(2)3/h10-11H,4-9H2,1-3H3/b11-10+. The molecule has 1 nitrogen and oxygen atoms in total. The lowest BCUT2D eigenvalue weighted by Gasteiger charge is -2.02. The molecule has 0 aliphatic rings. The van der Waals surface area contributed by atoms with E-state index in [9.17, 15) is 0 Å². The van der Waals surface area contributed by atoms with Crippen LogP contribution in [0, 0.1) is 0 Å². The normalized spacial score (nSPS) is 10.9. The SMILES string of the molecule is CCCCCCC/C=C/N(C)C. The quantitative estimate of drug-likeness (QED) is 0.528. The number of allylic oxidation sites excluding steroid dienone is 1. The van der Waals surface area contributed by atoms with Gasteiger partial charge in [0.05, 0.1) is 0 Å². The Labute approximate surface area is 77.5 Å². The molecule has 0 radical (unpaired) electrons. The molecule has 0 saturated carbocycles. The molecule has 12 heavy (non-hydrogen) atoms. The van der Waals surface area contributed by atoms with Crippen LogP contribution >= 0.6 is 0 Å². The summed E-state index contributed by atoms with van der Waals surface area (Å²) >= 11 is 0. The summed E-state index contributed by atoms with van der Waals surface area (Å²) in [7, 11) is 4.13. The zero-order chi connectivity index (χ0) is 9.23. The highest BCUT2D eigenvalue weighted by Crippen LogP contribution is 2.05. The molecule has 0 aliphatic carbocycles. The first kappa shape index (κ1) is 11.5. The Morgan fingerprint density at radius 3 is 2.25 bits per heavy atom. The number of nitrogens with zero attached hydrogens (tertiary/aromatic N) is 1. The van der Waals surface area contributed by atoms with Gasteiger partial charge in [0.2, 0.25) is 0 Å². The van der Waals surface area contributed by atoms with Crippen LogP contribution in [0.1, 0.15) is 45.4 Å². The zero-order valence-electron chi connectivity index (χ0n) is 8.84. The summed E-state index contributed by atoms with van der Waals surface area (Å²) in [6.45, 7) is 2.26. The second-order valence-electron chi connectivity index (χ2n) is 3.55. The van der Waals surface area contributed by atoms with E-state index in [1.165, 1.54) is 38.5 Å². The van der Waals surface area contributed by atoms with Crippen LogP contribution in [0.5, 0.6) is 0 Å². The number of rotatable bonds is 7. The van der Waals surface area contributed by atoms with Crippen LogP contribution in [0.15, 0.2) is 12.3 Å². The van der Waals surface area contributed by atoms with E-state index in [0.717, 1.165) is 0 Å². The number of unbranched alkanes of at least 4 members (excludes halogenated alkanes) is 5. The number of hydrogen-bond donors (Lipinski definition) is 0. The maximum Gasteiger partial charge on any atom is 0.00555 e. The molecule has 72 valence electrons. The van der Waals surface area contributed by atoms with Crippen LogP contribution in [-0.4, -0.2) is 19.0 Å². The van der Waals surface area contributed by atoms with E-state index < -0.39 is 0 Å². The summed E-state index contributed by atoms with van der Waals surface area (Å²) in [6, 6.07) is 0. The lowest BCUT2D eigenvalue weighted by atomic mass is 10.1. The van der Waals surface area contributed by atoms with Gasteiger partial charge >= 0.3 is 0 Å². The third-order valence-corrected chi connectivity index (χ3v) is 1.88. The van der Waals surface area contributed by atoms with Crippen molar-refractivity contribution in [2.45, 2.75) is 45.4 Å². The Morgan fingerprint density at radius 1 is 1.00 bits per heavy atom. The van der Waals surface area contributed by atoms with Gasteiger partial charge in [0.1, 0.15) is 0 Å². The lowest BCUT2D eigenvalue weighted by molar-refractivity contribution is 0.558. The fraction of sp³-hybridized carbons (Fsp3) is 0.818. The minimum atomic E-state index is 1.24. The molecule has 0 bridgehead atoms.